The van der Waals surface area contributed by atoms with Crippen molar-refractivity contribution in [2.75, 3.05) is 7.11 Å². The lowest BCUT2D eigenvalue weighted by Gasteiger charge is -2.19. The molecule has 0 fully saturated rings. The van der Waals surface area contributed by atoms with E-state index in [9.17, 15) is 9.59 Å². The van der Waals surface area contributed by atoms with Gasteiger partial charge in [0.25, 0.3) is 0 Å². The summed E-state index contributed by atoms with van der Waals surface area (Å²) in [6.45, 7) is 5.54. The van der Waals surface area contributed by atoms with Crippen LogP contribution in [0, 0.1) is 0 Å². The third-order valence-electron chi connectivity index (χ3n) is 2.91. The molecule has 1 rings (SSSR count). The number of benzene rings is 1. The molecule has 21 heavy (non-hydrogen) atoms. The third kappa shape index (κ3) is 6.93. The number of unbranched alkanes of at least 4 members (excludes halogenated alkanes) is 1. The zero-order chi connectivity index (χ0) is 15.9. The van der Waals surface area contributed by atoms with E-state index in [1.54, 1.807) is 12.1 Å². The van der Waals surface area contributed by atoms with Crippen LogP contribution in [-0.4, -0.2) is 24.6 Å². The molecule has 0 spiro atoms. The summed E-state index contributed by atoms with van der Waals surface area (Å²) in [6, 6.07) is 7.42. The molecule has 0 N–H and O–H groups in total. The van der Waals surface area contributed by atoms with E-state index in [1.165, 1.54) is 7.11 Å². The number of hydrogen-bond donors (Lipinski definition) is 0. The molecule has 0 saturated carbocycles. The van der Waals surface area contributed by atoms with E-state index < -0.39 is 5.60 Å². The fraction of sp³-hybridized carbons (Fsp3) is 0.529. The molecular weight excluding hydrogens is 268 g/mol. The number of rotatable bonds is 6. The van der Waals surface area contributed by atoms with Crippen molar-refractivity contribution in [3.63, 3.8) is 0 Å². The van der Waals surface area contributed by atoms with Gasteiger partial charge in [0.1, 0.15) is 5.60 Å². The number of ether oxygens (including phenoxy) is 2. The molecule has 0 unspecified atom stereocenters. The van der Waals surface area contributed by atoms with E-state index in [0.29, 0.717) is 12.0 Å². The highest BCUT2D eigenvalue weighted by atomic mass is 16.6. The minimum atomic E-state index is -0.482. The van der Waals surface area contributed by atoms with E-state index in [0.717, 1.165) is 24.8 Å². The molecule has 0 aliphatic heterocycles. The van der Waals surface area contributed by atoms with Crippen molar-refractivity contribution in [2.24, 2.45) is 0 Å². The normalized spacial score (nSPS) is 11.0. The van der Waals surface area contributed by atoms with E-state index in [4.69, 9.17) is 4.74 Å². The van der Waals surface area contributed by atoms with Crippen molar-refractivity contribution in [1.29, 1.82) is 0 Å². The summed E-state index contributed by atoms with van der Waals surface area (Å²) in [5.41, 5.74) is 1.22. The Bertz CT molecular complexity index is 469. The number of carbonyl (C=O) groups is 2. The lowest BCUT2D eigenvalue weighted by molar-refractivity contribution is -0.140. The van der Waals surface area contributed by atoms with Gasteiger partial charge in [0.15, 0.2) is 0 Å². The monoisotopic (exact) mass is 292 g/mol. The van der Waals surface area contributed by atoms with Crippen molar-refractivity contribution in [2.45, 2.75) is 52.1 Å². The van der Waals surface area contributed by atoms with Crippen LogP contribution in [0.1, 0.15) is 56.0 Å². The van der Waals surface area contributed by atoms with E-state index in [-0.39, 0.29) is 11.9 Å². The Balaban J connectivity index is 2.43. The first-order valence-corrected chi connectivity index (χ1v) is 7.21. The lowest BCUT2D eigenvalue weighted by Crippen LogP contribution is -2.23. The Morgan fingerprint density at radius 1 is 1.05 bits per heavy atom. The standard InChI is InChI=1S/C17H24O4/c1-17(2,3)21-16(19)14-11-9-13(10-12-14)7-5-6-8-15(18)20-4/h9-12H,5-8H2,1-4H3. The number of hydrogen-bond acceptors (Lipinski definition) is 4. The predicted molar refractivity (Wildman–Crippen MR) is 81.2 cm³/mol. The van der Waals surface area contributed by atoms with Crippen LogP contribution in [-0.2, 0) is 20.7 Å². The van der Waals surface area contributed by atoms with Crippen LogP contribution in [0.2, 0.25) is 0 Å². The van der Waals surface area contributed by atoms with E-state index in [1.807, 2.05) is 32.9 Å². The molecule has 0 bridgehead atoms. The SMILES string of the molecule is COC(=O)CCCCc1ccc(C(=O)OC(C)(C)C)cc1. The molecule has 0 aliphatic carbocycles. The predicted octanol–water partition coefficient (Wildman–Crippen LogP) is 3.53. The van der Waals surface area contributed by atoms with Crippen molar-refractivity contribution in [3.8, 4) is 0 Å². The van der Waals surface area contributed by atoms with Gasteiger partial charge in [-0.2, -0.15) is 0 Å². The smallest absolute Gasteiger partial charge is 0.338 e. The Morgan fingerprint density at radius 2 is 1.67 bits per heavy atom. The molecule has 0 aromatic heterocycles. The molecular formula is C17H24O4. The van der Waals surface area contributed by atoms with Crippen LogP contribution in [0.5, 0.6) is 0 Å². The van der Waals surface area contributed by atoms with Gasteiger partial charge in [-0.05, 0) is 57.7 Å². The second kappa shape index (κ2) is 7.81. The largest absolute Gasteiger partial charge is 0.469 e. The molecule has 1 aromatic rings. The molecule has 1 aromatic carbocycles. The van der Waals surface area contributed by atoms with Gasteiger partial charge >= 0.3 is 11.9 Å². The highest BCUT2D eigenvalue weighted by Crippen LogP contribution is 2.14. The summed E-state index contributed by atoms with van der Waals surface area (Å²) in [7, 11) is 1.40. The van der Waals surface area contributed by atoms with Gasteiger partial charge in [0.05, 0.1) is 12.7 Å². The zero-order valence-electron chi connectivity index (χ0n) is 13.3. The quantitative estimate of drug-likeness (QED) is 0.594. The number of aryl methyl sites for hydroxylation is 1. The fourth-order valence-corrected chi connectivity index (χ4v) is 1.85. The maximum absolute atomic E-state index is 11.9. The minimum Gasteiger partial charge on any atom is -0.469 e. The summed E-state index contributed by atoms with van der Waals surface area (Å²) >= 11 is 0. The maximum atomic E-state index is 11.9. The second-order valence-corrected chi connectivity index (χ2v) is 5.98. The molecule has 0 amide bonds. The highest BCUT2D eigenvalue weighted by Gasteiger charge is 2.17. The van der Waals surface area contributed by atoms with Crippen LogP contribution in [0.3, 0.4) is 0 Å². The molecule has 0 atom stereocenters. The first kappa shape index (κ1) is 17.2. The van der Waals surface area contributed by atoms with Crippen LogP contribution in [0.15, 0.2) is 24.3 Å². The Labute approximate surface area is 126 Å². The summed E-state index contributed by atoms with van der Waals surface area (Å²) in [5, 5.41) is 0. The topological polar surface area (TPSA) is 52.6 Å². The first-order valence-electron chi connectivity index (χ1n) is 7.21. The number of carbonyl (C=O) groups excluding carboxylic acids is 2. The van der Waals surface area contributed by atoms with Crippen LogP contribution in [0.4, 0.5) is 0 Å². The van der Waals surface area contributed by atoms with Crippen LogP contribution >= 0.6 is 0 Å². The van der Waals surface area contributed by atoms with Crippen molar-refractivity contribution in [1.82, 2.24) is 0 Å². The van der Waals surface area contributed by atoms with E-state index in [2.05, 4.69) is 4.74 Å². The molecule has 4 nitrogen and oxygen atoms in total. The molecule has 0 radical (unpaired) electrons. The summed E-state index contributed by atoms with van der Waals surface area (Å²) in [4.78, 5) is 22.8. The van der Waals surface area contributed by atoms with Crippen molar-refractivity contribution >= 4 is 11.9 Å². The number of methoxy groups -OCH3 is 1. The lowest BCUT2D eigenvalue weighted by atomic mass is 10.0. The molecule has 116 valence electrons. The molecule has 4 heteroatoms. The first-order chi connectivity index (χ1) is 9.81. The Morgan fingerprint density at radius 3 is 2.19 bits per heavy atom. The van der Waals surface area contributed by atoms with Gasteiger partial charge in [0, 0.05) is 6.42 Å². The van der Waals surface area contributed by atoms with Crippen LogP contribution < -0.4 is 0 Å². The Hall–Kier alpha value is -1.84. The van der Waals surface area contributed by atoms with E-state index >= 15 is 0 Å². The van der Waals surface area contributed by atoms with Gasteiger partial charge in [-0.1, -0.05) is 12.1 Å². The van der Waals surface area contributed by atoms with Crippen molar-refractivity contribution < 1.29 is 19.1 Å². The summed E-state index contributed by atoms with van der Waals surface area (Å²) < 4.78 is 9.90. The highest BCUT2D eigenvalue weighted by molar-refractivity contribution is 5.89. The second-order valence-electron chi connectivity index (χ2n) is 5.98. The summed E-state index contributed by atoms with van der Waals surface area (Å²) in [6.07, 6.45) is 3.06. The average Bonchev–Trinajstić information content (AvgIpc) is 2.42. The molecule has 0 aliphatic rings. The van der Waals surface area contributed by atoms with Gasteiger partial charge in [0.2, 0.25) is 0 Å². The Kier molecular flexibility index (Phi) is 6.40. The third-order valence-corrected chi connectivity index (χ3v) is 2.91. The molecule has 0 saturated heterocycles. The maximum Gasteiger partial charge on any atom is 0.338 e. The fourth-order valence-electron chi connectivity index (χ4n) is 1.85. The zero-order valence-corrected chi connectivity index (χ0v) is 13.3. The summed E-state index contributed by atoms with van der Waals surface area (Å²) in [5.74, 6) is -0.477. The number of esters is 2. The van der Waals surface area contributed by atoms with Gasteiger partial charge in [-0.25, -0.2) is 4.79 Å². The minimum absolute atomic E-state index is 0.171. The van der Waals surface area contributed by atoms with Crippen LogP contribution in [0.25, 0.3) is 0 Å². The van der Waals surface area contributed by atoms with Gasteiger partial charge < -0.3 is 9.47 Å². The van der Waals surface area contributed by atoms with Gasteiger partial charge in [-0.3, -0.25) is 4.79 Å². The molecule has 0 heterocycles. The van der Waals surface area contributed by atoms with Gasteiger partial charge in [-0.15, -0.1) is 0 Å². The van der Waals surface area contributed by atoms with Crippen molar-refractivity contribution in [3.05, 3.63) is 35.4 Å². The average molecular weight is 292 g/mol.